The van der Waals surface area contributed by atoms with Crippen molar-refractivity contribution in [1.82, 2.24) is 0 Å². The molecule has 1 aromatic rings. The minimum absolute atomic E-state index is 0.187. The van der Waals surface area contributed by atoms with E-state index in [0.29, 0.717) is 13.0 Å². The smallest absolute Gasteiger partial charge is 0.150 e. The molecule has 20 heavy (non-hydrogen) atoms. The van der Waals surface area contributed by atoms with Crippen molar-refractivity contribution in [3.05, 3.63) is 29.8 Å². The molecule has 4 nitrogen and oxygen atoms in total. The van der Waals surface area contributed by atoms with Crippen molar-refractivity contribution in [1.29, 1.82) is 0 Å². The first-order chi connectivity index (χ1) is 9.46. The molecule has 114 valence electrons. The maximum absolute atomic E-state index is 11.3. The number of ether oxygens (including phenoxy) is 1. The second-order valence-electron chi connectivity index (χ2n) is 4.95. The highest BCUT2D eigenvalue weighted by atomic mass is 32.2. The van der Waals surface area contributed by atoms with Crippen molar-refractivity contribution in [2.45, 2.75) is 39.2 Å². The molecule has 0 amide bonds. The van der Waals surface area contributed by atoms with E-state index in [0.717, 1.165) is 18.6 Å². The quantitative estimate of drug-likeness (QED) is 0.710. The Morgan fingerprint density at radius 2 is 1.85 bits per heavy atom. The molecule has 0 bridgehead atoms. The van der Waals surface area contributed by atoms with E-state index in [1.165, 1.54) is 5.56 Å². The fraction of sp³-hybridized carbons (Fsp3) is 0.600. The molecule has 2 N–H and O–H groups in total. The fourth-order valence-corrected chi connectivity index (χ4v) is 2.63. The molecule has 0 aliphatic rings. The van der Waals surface area contributed by atoms with Crippen LogP contribution in [-0.4, -0.2) is 32.6 Å². The van der Waals surface area contributed by atoms with Gasteiger partial charge < -0.3 is 10.5 Å². The van der Waals surface area contributed by atoms with Crippen LogP contribution >= 0.6 is 0 Å². The number of nitrogens with two attached hydrogens (primary N) is 1. The molecular weight excluding hydrogens is 274 g/mol. The zero-order chi connectivity index (χ0) is 15.0. The number of hydrogen-bond acceptors (Lipinski definition) is 4. The van der Waals surface area contributed by atoms with Gasteiger partial charge in [0.05, 0.1) is 12.4 Å². The molecule has 0 saturated carbocycles. The van der Waals surface area contributed by atoms with Crippen molar-refractivity contribution < 1.29 is 13.2 Å². The summed E-state index contributed by atoms with van der Waals surface area (Å²) < 4.78 is 28.2. The van der Waals surface area contributed by atoms with Crippen molar-refractivity contribution in [3.8, 4) is 5.75 Å². The lowest BCUT2D eigenvalue weighted by atomic mass is 10.0. The highest BCUT2D eigenvalue weighted by Gasteiger charge is 2.07. The lowest BCUT2D eigenvalue weighted by Gasteiger charge is -2.10. The van der Waals surface area contributed by atoms with Crippen LogP contribution in [0.4, 0.5) is 0 Å². The maximum Gasteiger partial charge on any atom is 0.150 e. The SMILES string of the molecule is CCC(N)Cc1ccc(OCCCS(=O)(=O)CC)cc1. The van der Waals surface area contributed by atoms with E-state index in [9.17, 15) is 8.42 Å². The third kappa shape index (κ3) is 6.39. The summed E-state index contributed by atoms with van der Waals surface area (Å²) >= 11 is 0. The third-order valence-electron chi connectivity index (χ3n) is 3.25. The summed E-state index contributed by atoms with van der Waals surface area (Å²) in [5.41, 5.74) is 7.10. The molecule has 0 fully saturated rings. The Bertz CT molecular complexity index is 482. The molecule has 1 rings (SSSR count). The normalized spacial score (nSPS) is 13.2. The van der Waals surface area contributed by atoms with E-state index >= 15 is 0 Å². The monoisotopic (exact) mass is 299 g/mol. The number of rotatable bonds is 9. The first-order valence-electron chi connectivity index (χ1n) is 7.14. The minimum Gasteiger partial charge on any atom is -0.494 e. The summed E-state index contributed by atoms with van der Waals surface area (Å²) in [5.74, 6) is 1.15. The Labute approximate surface area is 122 Å². The van der Waals surface area contributed by atoms with Crippen molar-refractivity contribution in [2.24, 2.45) is 5.73 Å². The van der Waals surface area contributed by atoms with Gasteiger partial charge in [-0.05, 0) is 37.0 Å². The van der Waals surface area contributed by atoms with Gasteiger partial charge in [0.25, 0.3) is 0 Å². The van der Waals surface area contributed by atoms with Crippen molar-refractivity contribution in [3.63, 3.8) is 0 Å². The summed E-state index contributed by atoms with van der Waals surface area (Å²) in [4.78, 5) is 0. The van der Waals surface area contributed by atoms with E-state index in [1.807, 2.05) is 24.3 Å². The summed E-state index contributed by atoms with van der Waals surface area (Å²) in [6.45, 7) is 4.16. The zero-order valence-electron chi connectivity index (χ0n) is 12.3. The van der Waals surface area contributed by atoms with E-state index in [-0.39, 0.29) is 17.5 Å². The summed E-state index contributed by atoms with van der Waals surface area (Å²) in [5, 5.41) is 0. The number of hydrogen-bond donors (Lipinski definition) is 1. The van der Waals surface area contributed by atoms with Gasteiger partial charge in [-0.3, -0.25) is 0 Å². The highest BCUT2D eigenvalue weighted by molar-refractivity contribution is 7.91. The lowest BCUT2D eigenvalue weighted by molar-refractivity contribution is 0.317. The molecule has 0 spiro atoms. The Morgan fingerprint density at radius 3 is 2.40 bits per heavy atom. The van der Waals surface area contributed by atoms with E-state index in [1.54, 1.807) is 6.92 Å². The van der Waals surface area contributed by atoms with Gasteiger partial charge in [0.15, 0.2) is 0 Å². The standard InChI is InChI=1S/C15H25NO3S/c1-3-14(16)12-13-6-8-15(9-7-13)19-10-5-11-20(17,18)4-2/h6-9,14H,3-5,10-12,16H2,1-2H3. The third-order valence-corrected chi connectivity index (χ3v) is 5.04. The van der Waals surface area contributed by atoms with Gasteiger partial charge in [-0.25, -0.2) is 8.42 Å². The molecule has 5 heteroatoms. The molecule has 1 unspecified atom stereocenters. The Kier molecular flexibility index (Phi) is 7.02. The molecule has 0 aromatic heterocycles. The van der Waals surface area contributed by atoms with Crippen LogP contribution in [0.1, 0.15) is 32.3 Å². The number of benzene rings is 1. The minimum atomic E-state index is -2.89. The lowest BCUT2D eigenvalue weighted by Crippen LogP contribution is -2.21. The first kappa shape index (κ1) is 17.0. The topological polar surface area (TPSA) is 69.4 Å². The Morgan fingerprint density at radius 1 is 1.20 bits per heavy atom. The van der Waals surface area contributed by atoms with Crippen LogP contribution in [0.3, 0.4) is 0 Å². The molecular formula is C15H25NO3S. The maximum atomic E-state index is 11.3. The van der Waals surface area contributed by atoms with Crippen molar-refractivity contribution in [2.75, 3.05) is 18.1 Å². The van der Waals surface area contributed by atoms with Crippen LogP contribution in [0.5, 0.6) is 5.75 Å². The van der Waals surface area contributed by atoms with E-state index < -0.39 is 9.84 Å². The van der Waals surface area contributed by atoms with Crippen LogP contribution in [0, 0.1) is 0 Å². The summed E-state index contributed by atoms with van der Waals surface area (Å²) in [7, 11) is -2.89. The number of sulfone groups is 1. The van der Waals surface area contributed by atoms with Crippen LogP contribution in [0.15, 0.2) is 24.3 Å². The largest absolute Gasteiger partial charge is 0.494 e. The predicted octanol–water partition coefficient (Wildman–Crippen LogP) is 2.17. The van der Waals surface area contributed by atoms with Gasteiger partial charge in [0.2, 0.25) is 0 Å². The second-order valence-corrected chi connectivity index (χ2v) is 7.43. The summed E-state index contributed by atoms with van der Waals surface area (Å²) in [6.07, 6.45) is 2.36. The van der Waals surface area contributed by atoms with Gasteiger partial charge in [0, 0.05) is 11.8 Å². The first-order valence-corrected chi connectivity index (χ1v) is 8.96. The molecule has 0 aliphatic heterocycles. The van der Waals surface area contributed by atoms with Gasteiger partial charge >= 0.3 is 0 Å². The molecule has 1 aromatic carbocycles. The van der Waals surface area contributed by atoms with Crippen molar-refractivity contribution >= 4 is 9.84 Å². The molecule has 0 radical (unpaired) electrons. The fourth-order valence-electron chi connectivity index (χ4n) is 1.78. The van der Waals surface area contributed by atoms with Gasteiger partial charge in [-0.2, -0.15) is 0 Å². The molecule has 0 saturated heterocycles. The average Bonchev–Trinajstić information content (AvgIpc) is 2.45. The van der Waals surface area contributed by atoms with Gasteiger partial charge in [0.1, 0.15) is 15.6 Å². The van der Waals surface area contributed by atoms with E-state index in [4.69, 9.17) is 10.5 Å². The zero-order valence-corrected chi connectivity index (χ0v) is 13.2. The van der Waals surface area contributed by atoms with Crippen LogP contribution in [0.2, 0.25) is 0 Å². The Balaban J connectivity index is 2.35. The molecule has 1 atom stereocenters. The van der Waals surface area contributed by atoms with Crippen LogP contribution in [-0.2, 0) is 16.3 Å². The molecule has 0 heterocycles. The molecule has 0 aliphatic carbocycles. The summed E-state index contributed by atoms with van der Waals surface area (Å²) in [6, 6.07) is 8.03. The van der Waals surface area contributed by atoms with E-state index in [2.05, 4.69) is 6.92 Å². The van der Waals surface area contributed by atoms with Gasteiger partial charge in [-0.15, -0.1) is 0 Å². The van der Waals surface area contributed by atoms with Crippen LogP contribution < -0.4 is 10.5 Å². The highest BCUT2D eigenvalue weighted by Crippen LogP contribution is 2.14. The predicted molar refractivity (Wildman–Crippen MR) is 82.9 cm³/mol. The second kappa shape index (κ2) is 8.27. The Hall–Kier alpha value is -1.07. The average molecular weight is 299 g/mol. The van der Waals surface area contributed by atoms with Gasteiger partial charge in [-0.1, -0.05) is 26.0 Å². The van der Waals surface area contributed by atoms with Crippen LogP contribution in [0.25, 0.3) is 0 Å².